The Labute approximate surface area is 242 Å². The van der Waals surface area contributed by atoms with Crippen LogP contribution in [0, 0.1) is 0 Å². The highest BCUT2D eigenvalue weighted by molar-refractivity contribution is 7.92. The van der Waals surface area contributed by atoms with Crippen LogP contribution >= 0.6 is 23.2 Å². The zero-order valence-corrected chi connectivity index (χ0v) is 23.4. The van der Waals surface area contributed by atoms with Crippen molar-refractivity contribution < 1.29 is 17.9 Å². The van der Waals surface area contributed by atoms with Gasteiger partial charge in [0.25, 0.3) is 15.9 Å². The number of para-hydroxylation sites is 1. The third-order valence-corrected chi connectivity index (χ3v) is 8.11. The molecule has 9 heteroatoms. The minimum atomic E-state index is -4.02. The number of carbonyl (C=O) groups excluding carboxylic acids is 1. The van der Waals surface area contributed by atoms with Crippen molar-refractivity contribution in [3.63, 3.8) is 0 Å². The summed E-state index contributed by atoms with van der Waals surface area (Å²) in [6.45, 7) is 0.364. The molecule has 40 heavy (non-hydrogen) atoms. The maximum atomic E-state index is 13.2. The summed E-state index contributed by atoms with van der Waals surface area (Å²) in [4.78, 5) is 13.1. The smallest absolute Gasteiger partial charge is 0.261 e. The Morgan fingerprint density at radius 3 is 2.27 bits per heavy atom. The van der Waals surface area contributed by atoms with E-state index in [0.29, 0.717) is 34.5 Å². The van der Waals surface area contributed by atoms with Gasteiger partial charge in [0.05, 0.1) is 21.2 Å². The molecule has 0 atom stereocenters. The average Bonchev–Trinajstić information content (AvgIpc) is 2.95. The SMILES string of the molecule is O=C(NCCc1ccc2ccccc2c1)c1cc(Cl)ccc1NS(=O)(=O)c1ccc(Oc2ccccc2Cl)cc1. The molecule has 5 aromatic rings. The summed E-state index contributed by atoms with van der Waals surface area (Å²) in [6.07, 6.45) is 0.612. The standard InChI is InChI=1S/C31H24Cl2N2O4S/c32-24-11-16-29(27(20-24)31(36)34-18-17-21-9-10-22-5-1-2-6-23(22)19-21)35-40(37,38)26-14-12-25(13-15-26)39-30-8-4-3-7-28(30)33/h1-16,19-20,35H,17-18H2,(H,34,36). The lowest BCUT2D eigenvalue weighted by molar-refractivity contribution is 0.0955. The maximum Gasteiger partial charge on any atom is 0.261 e. The molecule has 5 aromatic carbocycles. The fourth-order valence-corrected chi connectivity index (χ4v) is 5.57. The number of halogens is 2. The Bertz CT molecular complexity index is 1790. The number of amides is 1. The number of hydrogen-bond acceptors (Lipinski definition) is 4. The first kappa shape index (κ1) is 27.5. The van der Waals surface area contributed by atoms with Crippen molar-refractivity contribution in [2.24, 2.45) is 0 Å². The summed E-state index contributed by atoms with van der Waals surface area (Å²) in [5, 5.41) is 5.88. The van der Waals surface area contributed by atoms with E-state index in [2.05, 4.69) is 16.1 Å². The highest BCUT2D eigenvalue weighted by Gasteiger charge is 2.20. The van der Waals surface area contributed by atoms with Crippen molar-refractivity contribution in [1.82, 2.24) is 5.32 Å². The molecule has 6 nitrogen and oxygen atoms in total. The van der Waals surface area contributed by atoms with Gasteiger partial charge in [-0.05, 0) is 77.4 Å². The molecule has 0 saturated carbocycles. The minimum absolute atomic E-state index is 0.00313. The summed E-state index contributed by atoms with van der Waals surface area (Å²) in [5.74, 6) is 0.435. The number of hydrogen-bond donors (Lipinski definition) is 2. The normalized spacial score (nSPS) is 11.2. The molecular weight excluding hydrogens is 567 g/mol. The van der Waals surface area contributed by atoms with Crippen LogP contribution in [-0.4, -0.2) is 20.9 Å². The van der Waals surface area contributed by atoms with Gasteiger partial charge in [0.15, 0.2) is 0 Å². The van der Waals surface area contributed by atoms with E-state index in [4.69, 9.17) is 27.9 Å². The van der Waals surface area contributed by atoms with Crippen LogP contribution in [0.3, 0.4) is 0 Å². The van der Waals surface area contributed by atoms with Crippen molar-refractivity contribution in [1.29, 1.82) is 0 Å². The monoisotopic (exact) mass is 590 g/mol. The lowest BCUT2D eigenvalue weighted by Crippen LogP contribution is -2.27. The van der Waals surface area contributed by atoms with Crippen LogP contribution in [0.4, 0.5) is 5.69 Å². The number of ether oxygens (including phenoxy) is 1. The predicted octanol–water partition coefficient (Wildman–Crippen LogP) is 7.71. The predicted molar refractivity (Wildman–Crippen MR) is 160 cm³/mol. The fraction of sp³-hybridized carbons (Fsp3) is 0.0645. The number of fused-ring (bicyclic) bond motifs is 1. The van der Waals surface area contributed by atoms with Gasteiger partial charge < -0.3 is 10.1 Å². The van der Waals surface area contributed by atoms with Crippen molar-refractivity contribution >= 4 is 55.6 Å². The summed E-state index contributed by atoms with van der Waals surface area (Å²) >= 11 is 12.3. The van der Waals surface area contributed by atoms with Gasteiger partial charge in [-0.1, -0.05) is 77.8 Å². The average molecular weight is 592 g/mol. The lowest BCUT2D eigenvalue weighted by atomic mass is 10.1. The molecule has 2 N–H and O–H groups in total. The van der Waals surface area contributed by atoms with Gasteiger partial charge in [-0.2, -0.15) is 0 Å². The second kappa shape index (κ2) is 12.0. The second-order valence-corrected chi connectivity index (χ2v) is 11.5. The zero-order chi connectivity index (χ0) is 28.1. The first-order chi connectivity index (χ1) is 19.3. The maximum absolute atomic E-state index is 13.2. The third-order valence-electron chi connectivity index (χ3n) is 6.18. The van der Waals surface area contributed by atoms with Gasteiger partial charge >= 0.3 is 0 Å². The second-order valence-electron chi connectivity index (χ2n) is 8.99. The van der Waals surface area contributed by atoms with E-state index in [1.807, 2.05) is 36.4 Å². The molecule has 0 heterocycles. The van der Waals surface area contributed by atoms with Crippen LogP contribution in [0.2, 0.25) is 10.0 Å². The topological polar surface area (TPSA) is 84.5 Å². The summed E-state index contributed by atoms with van der Waals surface area (Å²) in [5.41, 5.74) is 1.31. The Balaban J connectivity index is 1.27. The van der Waals surface area contributed by atoms with Crippen molar-refractivity contribution in [3.8, 4) is 11.5 Å². The van der Waals surface area contributed by atoms with E-state index in [1.54, 1.807) is 24.3 Å². The fourth-order valence-electron chi connectivity index (χ4n) is 4.15. The van der Waals surface area contributed by atoms with Crippen LogP contribution in [0.5, 0.6) is 11.5 Å². The number of carbonyl (C=O) groups is 1. The third kappa shape index (κ3) is 6.57. The van der Waals surface area contributed by atoms with E-state index >= 15 is 0 Å². The van der Waals surface area contributed by atoms with Crippen LogP contribution in [-0.2, 0) is 16.4 Å². The van der Waals surface area contributed by atoms with E-state index in [0.717, 1.165) is 16.3 Å². The summed E-state index contributed by atoms with van der Waals surface area (Å²) in [6, 6.07) is 31.5. The zero-order valence-electron chi connectivity index (χ0n) is 21.1. The largest absolute Gasteiger partial charge is 0.456 e. The van der Waals surface area contributed by atoms with Crippen molar-refractivity contribution in [3.05, 3.63) is 130 Å². The molecule has 0 aromatic heterocycles. The van der Waals surface area contributed by atoms with E-state index < -0.39 is 15.9 Å². The molecule has 0 aliphatic rings. The quantitative estimate of drug-likeness (QED) is 0.184. The molecule has 202 valence electrons. The van der Waals surface area contributed by atoms with Crippen LogP contribution in [0.15, 0.2) is 114 Å². The molecule has 0 fully saturated rings. The number of anilines is 1. The van der Waals surface area contributed by atoms with Gasteiger partial charge in [-0.25, -0.2) is 8.42 Å². The molecule has 0 aliphatic heterocycles. The van der Waals surface area contributed by atoms with Gasteiger partial charge in [-0.3, -0.25) is 9.52 Å². The molecule has 0 radical (unpaired) electrons. The number of benzene rings is 5. The van der Waals surface area contributed by atoms with Gasteiger partial charge in [-0.15, -0.1) is 0 Å². The van der Waals surface area contributed by atoms with Crippen LogP contribution in [0.25, 0.3) is 10.8 Å². The lowest BCUT2D eigenvalue weighted by Gasteiger charge is -2.14. The Morgan fingerprint density at radius 1 is 0.775 bits per heavy atom. The first-order valence-electron chi connectivity index (χ1n) is 12.4. The summed E-state index contributed by atoms with van der Waals surface area (Å²) in [7, 11) is -4.02. The number of nitrogens with one attached hydrogen (secondary N) is 2. The van der Waals surface area contributed by atoms with E-state index in [1.165, 1.54) is 42.5 Å². The van der Waals surface area contributed by atoms with Gasteiger partial charge in [0, 0.05) is 11.6 Å². The minimum Gasteiger partial charge on any atom is -0.456 e. The molecule has 0 saturated heterocycles. The molecule has 0 unspecified atom stereocenters. The molecule has 1 amide bonds. The van der Waals surface area contributed by atoms with Gasteiger partial charge in [0.2, 0.25) is 0 Å². The molecular formula is C31H24Cl2N2O4S. The van der Waals surface area contributed by atoms with Crippen molar-refractivity contribution in [2.45, 2.75) is 11.3 Å². The molecule has 5 rings (SSSR count). The first-order valence-corrected chi connectivity index (χ1v) is 14.6. The Morgan fingerprint density at radius 2 is 1.50 bits per heavy atom. The molecule has 0 bridgehead atoms. The van der Waals surface area contributed by atoms with Crippen molar-refractivity contribution in [2.75, 3.05) is 11.3 Å². The van der Waals surface area contributed by atoms with Crippen LogP contribution < -0.4 is 14.8 Å². The van der Waals surface area contributed by atoms with Crippen LogP contribution in [0.1, 0.15) is 15.9 Å². The Hall–Kier alpha value is -4.04. The highest BCUT2D eigenvalue weighted by atomic mass is 35.5. The van der Waals surface area contributed by atoms with E-state index in [9.17, 15) is 13.2 Å². The van der Waals surface area contributed by atoms with E-state index in [-0.39, 0.29) is 16.1 Å². The highest BCUT2D eigenvalue weighted by Crippen LogP contribution is 2.30. The summed E-state index contributed by atoms with van der Waals surface area (Å²) < 4.78 is 34.6. The Kier molecular flexibility index (Phi) is 8.26. The molecule has 0 aliphatic carbocycles. The number of rotatable bonds is 9. The molecule has 0 spiro atoms. The number of sulfonamides is 1. The van der Waals surface area contributed by atoms with Gasteiger partial charge in [0.1, 0.15) is 11.5 Å².